The van der Waals surface area contributed by atoms with Crippen LogP contribution in [0.2, 0.25) is 0 Å². The zero-order valence-corrected chi connectivity index (χ0v) is 12.6. The standard InChI is InChI=1S/C15H30N2O2/c1-3-16-13-11-14-5-4-6-15(12-13)17(14)7-8-19-10-9-18-2/h13-16H,3-12H2,1-2H3. The van der Waals surface area contributed by atoms with Crippen molar-refractivity contribution in [2.75, 3.05) is 40.0 Å². The molecule has 0 aromatic heterocycles. The third kappa shape index (κ3) is 4.42. The molecular formula is C15H30N2O2. The molecule has 4 nitrogen and oxygen atoms in total. The van der Waals surface area contributed by atoms with Crippen molar-refractivity contribution in [3.05, 3.63) is 0 Å². The van der Waals surface area contributed by atoms with Crippen LogP contribution in [0.3, 0.4) is 0 Å². The molecule has 112 valence electrons. The van der Waals surface area contributed by atoms with Gasteiger partial charge < -0.3 is 14.8 Å². The topological polar surface area (TPSA) is 33.7 Å². The lowest BCUT2D eigenvalue weighted by Crippen LogP contribution is -2.56. The Morgan fingerprint density at radius 3 is 2.47 bits per heavy atom. The first kappa shape index (κ1) is 15.2. The Balaban J connectivity index is 1.74. The van der Waals surface area contributed by atoms with Crippen LogP contribution in [-0.4, -0.2) is 63.0 Å². The SMILES string of the molecule is CCNC1CC2CCCC(C1)N2CCOCCOC. The van der Waals surface area contributed by atoms with Crippen LogP contribution < -0.4 is 5.32 Å². The summed E-state index contributed by atoms with van der Waals surface area (Å²) >= 11 is 0. The normalized spacial score (nSPS) is 31.6. The largest absolute Gasteiger partial charge is 0.382 e. The highest BCUT2D eigenvalue weighted by Gasteiger charge is 2.37. The van der Waals surface area contributed by atoms with Crippen molar-refractivity contribution < 1.29 is 9.47 Å². The highest BCUT2D eigenvalue weighted by Crippen LogP contribution is 2.33. The van der Waals surface area contributed by atoms with Crippen molar-refractivity contribution in [2.24, 2.45) is 0 Å². The van der Waals surface area contributed by atoms with E-state index in [1.807, 2.05) is 0 Å². The molecule has 1 N–H and O–H groups in total. The van der Waals surface area contributed by atoms with Crippen LogP contribution >= 0.6 is 0 Å². The average Bonchev–Trinajstić information content (AvgIpc) is 2.39. The van der Waals surface area contributed by atoms with Gasteiger partial charge in [-0.05, 0) is 32.2 Å². The van der Waals surface area contributed by atoms with Crippen LogP contribution in [0, 0.1) is 0 Å². The van der Waals surface area contributed by atoms with E-state index in [9.17, 15) is 0 Å². The van der Waals surface area contributed by atoms with Crippen LogP contribution in [0.1, 0.15) is 39.0 Å². The smallest absolute Gasteiger partial charge is 0.0700 e. The molecule has 0 amide bonds. The monoisotopic (exact) mass is 270 g/mol. The minimum atomic E-state index is 0.704. The predicted molar refractivity (Wildman–Crippen MR) is 77.5 cm³/mol. The lowest BCUT2D eigenvalue weighted by atomic mass is 9.82. The maximum absolute atomic E-state index is 5.63. The van der Waals surface area contributed by atoms with Crippen molar-refractivity contribution in [3.63, 3.8) is 0 Å². The average molecular weight is 270 g/mol. The molecule has 0 aliphatic carbocycles. The minimum absolute atomic E-state index is 0.704. The minimum Gasteiger partial charge on any atom is -0.382 e. The Labute approximate surface area is 117 Å². The number of fused-ring (bicyclic) bond motifs is 2. The molecule has 0 aromatic carbocycles. The van der Waals surface area contributed by atoms with Gasteiger partial charge in [-0.1, -0.05) is 13.3 Å². The van der Waals surface area contributed by atoms with Gasteiger partial charge >= 0.3 is 0 Å². The molecule has 2 bridgehead atoms. The lowest BCUT2D eigenvalue weighted by molar-refractivity contribution is -0.00728. The molecule has 2 aliphatic heterocycles. The van der Waals surface area contributed by atoms with Gasteiger partial charge in [0.15, 0.2) is 0 Å². The first-order valence-corrected chi connectivity index (χ1v) is 7.91. The number of methoxy groups -OCH3 is 1. The molecule has 2 fully saturated rings. The van der Waals surface area contributed by atoms with Gasteiger partial charge in [-0.3, -0.25) is 4.90 Å². The van der Waals surface area contributed by atoms with E-state index in [0.717, 1.165) is 44.4 Å². The van der Waals surface area contributed by atoms with E-state index >= 15 is 0 Å². The Hall–Kier alpha value is -0.160. The molecule has 0 radical (unpaired) electrons. The summed E-state index contributed by atoms with van der Waals surface area (Å²) in [4.78, 5) is 2.71. The van der Waals surface area contributed by atoms with Gasteiger partial charge in [-0.15, -0.1) is 0 Å². The molecule has 19 heavy (non-hydrogen) atoms. The van der Waals surface area contributed by atoms with E-state index < -0.39 is 0 Å². The highest BCUT2D eigenvalue weighted by atomic mass is 16.5. The van der Waals surface area contributed by atoms with Gasteiger partial charge in [-0.2, -0.15) is 0 Å². The molecule has 2 rings (SSSR count). The molecule has 2 heterocycles. The number of nitrogens with zero attached hydrogens (tertiary/aromatic N) is 1. The maximum Gasteiger partial charge on any atom is 0.0700 e. The van der Waals surface area contributed by atoms with Gasteiger partial charge in [0.2, 0.25) is 0 Å². The van der Waals surface area contributed by atoms with E-state index in [1.54, 1.807) is 7.11 Å². The van der Waals surface area contributed by atoms with Gasteiger partial charge in [0, 0.05) is 31.8 Å². The quantitative estimate of drug-likeness (QED) is 0.680. The second kappa shape index (κ2) is 8.20. The zero-order valence-electron chi connectivity index (χ0n) is 12.6. The molecule has 0 saturated carbocycles. The van der Waals surface area contributed by atoms with E-state index in [4.69, 9.17) is 9.47 Å². The summed E-state index contributed by atoms with van der Waals surface area (Å²) in [7, 11) is 1.72. The van der Waals surface area contributed by atoms with E-state index in [0.29, 0.717) is 6.61 Å². The fourth-order valence-electron chi connectivity index (χ4n) is 3.71. The number of rotatable bonds is 8. The summed E-state index contributed by atoms with van der Waals surface area (Å²) in [5, 5.41) is 3.64. The first-order valence-electron chi connectivity index (χ1n) is 7.91. The number of nitrogens with one attached hydrogen (secondary N) is 1. The fraction of sp³-hybridized carbons (Fsp3) is 1.00. The third-order valence-electron chi connectivity index (χ3n) is 4.54. The van der Waals surface area contributed by atoms with E-state index in [2.05, 4.69) is 17.1 Å². The van der Waals surface area contributed by atoms with E-state index in [1.165, 1.54) is 32.1 Å². The summed E-state index contributed by atoms with van der Waals surface area (Å²) in [5.74, 6) is 0. The number of ether oxygens (including phenoxy) is 2. The number of hydrogen-bond donors (Lipinski definition) is 1. The summed E-state index contributed by atoms with van der Waals surface area (Å²) in [6, 6.07) is 2.30. The van der Waals surface area contributed by atoms with Gasteiger partial charge in [-0.25, -0.2) is 0 Å². The van der Waals surface area contributed by atoms with Crippen LogP contribution in [0.4, 0.5) is 0 Å². The molecule has 2 atom stereocenters. The zero-order chi connectivity index (χ0) is 13.5. The number of hydrogen-bond acceptors (Lipinski definition) is 4. The Morgan fingerprint density at radius 2 is 1.84 bits per heavy atom. The number of piperidine rings is 2. The summed E-state index contributed by atoms with van der Waals surface area (Å²) in [6.45, 7) is 6.69. The molecule has 2 aliphatic rings. The van der Waals surface area contributed by atoms with Crippen LogP contribution in [0.15, 0.2) is 0 Å². The molecule has 2 saturated heterocycles. The van der Waals surface area contributed by atoms with Crippen molar-refractivity contribution in [2.45, 2.75) is 57.2 Å². The summed E-state index contributed by atoms with van der Waals surface area (Å²) < 4.78 is 10.6. The molecule has 0 spiro atoms. The van der Waals surface area contributed by atoms with Crippen molar-refractivity contribution >= 4 is 0 Å². The molecular weight excluding hydrogens is 240 g/mol. The molecule has 0 aromatic rings. The Kier molecular flexibility index (Phi) is 6.57. The highest BCUT2D eigenvalue weighted by molar-refractivity contribution is 4.94. The van der Waals surface area contributed by atoms with Crippen molar-refractivity contribution in [1.29, 1.82) is 0 Å². The predicted octanol–water partition coefficient (Wildman–Crippen LogP) is 1.64. The lowest BCUT2D eigenvalue weighted by Gasteiger charge is -2.49. The van der Waals surface area contributed by atoms with Crippen LogP contribution in [-0.2, 0) is 9.47 Å². The first-order chi connectivity index (χ1) is 9.35. The van der Waals surface area contributed by atoms with Gasteiger partial charge in [0.1, 0.15) is 0 Å². The summed E-state index contributed by atoms with van der Waals surface area (Å²) in [6.07, 6.45) is 6.80. The van der Waals surface area contributed by atoms with E-state index in [-0.39, 0.29) is 0 Å². The van der Waals surface area contributed by atoms with Crippen LogP contribution in [0.5, 0.6) is 0 Å². The third-order valence-corrected chi connectivity index (χ3v) is 4.54. The van der Waals surface area contributed by atoms with Crippen LogP contribution in [0.25, 0.3) is 0 Å². The second-order valence-electron chi connectivity index (χ2n) is 5.81. The Morgan fingerprint density at radius 1 is 1.11 bits per heavy atom. The fourth-order valence-corrected chi connectivity index (χ4v) is 3.71. The summed E-state index contributed by atoms with van der Waals surface area (Å²) in [5.41, 5.74) is 0. The second-order valence-corrected chi connectivity index (χ2v) is 5.81. The van der Waals surface area contributed by atoms with Crippen molar-refractivity contribution in [3.8, 4) is 0 Å². The molecule has 2 unspecified atom stereocenters. The maximum atomic E-state index is 5.63. The van der Waals surface area contributed by atoms with Gasteiger partial charge in [0.05, 0.1) is 19.8 Å². The molecule has 4 heteroatoms. The van der Waals surface area contributed by atoms with Crippen molar-refractivity contribution in [1.82, 2.24) is 10.2 Å². The Bertz CT molecular complexity index is 236. The van der Waals surface area contributed by atoms with Gasteiger partial charge in [0.25, 0.3) is 0 Å².